The molecular weight excluding hydrogens is 360 g/mol. The van der Waals surface area contributed by atoms with Crippen LogP contribution in [-0.4, -0.2) is 20.4 Å². The Balaban J connectivity index is 1.75. The monoisotopic (exact) mass is 386 g/mol. The molecule has 27 heavy (non-hydrogen) atoms. The second-order valence-electron chi connectivity index (χ2n) is 7.34. The molecule has 0 bridgehead atoms. The lowest BCUT2D eigenvalue weighted by molar-refractivity contribution is 0.0910. The number of hydrogen-bond donors (Lipinski definition) is 2. The molecule has 5 nitrogen and oxygen atoms in total. The van der Waals surface area contributed by atoms with Gasteiger partial charge in [-0.15, -0.1) is 0 Å². The maximum Gasteiger partial charge on any atom is 0.261 e. The summed E-state index contributed by atoms with van der Waals surface area (Å²) >= 11 is 0. The van der Waals surface area contributed by atoms with Crippen molar-refractivity contribution in [3.8, 4) is 0 Å². The van der Waals surface area contributed by atoms with Gasteiger partial charge in [-0.25, -0.2) is 8.42 Å². The summed E-state index contributed by atoms with van der Waals surface area (Å²) in [5.74, 6) is 0.221. The molecule has 0 heterocycles. The minimum Gasteiger partial charge on any atom is -0.349 e. The lowest BCUT2D eigenvalue weighted by Crippen LogP contribution is -2.41. The van der Waals surface area contributed by atoms with Crippen LogP contribution in [-0.2, 0) is 10.0 Å². The summed E-state index contributed by atoms with van der Waals surface area (Å²) in [5, 5.41) is 3.07. The van der Waals surface area contributed by atoms with Crippen molar-refractivity contribution >= 4 is 21.6 Å². The van der Waals surface area contributed by atoms with E-state index >= 15 is 0 Å². The van der Waals surface area contributed by atoms with Gasteiger partial charge in [0.05, 0.1) is 4.90 Å². The van der Waals surface area contributed by atoms with Gasteiger partial charge < -0.3 is 5.32 Å². The zero-order chi connectivity index (χ0) is 19.4. The number of nitrogens with one attached hydrogen (secondary N) is 2. The van der Waals surface area contributed by atoms with Gasteiger partial charge in [0.25, 0.3) is 15.9 Å². The van der Waals surface area contributed by atoms with Crippen LogP contribution < -0.4 is 10.0 Å². The van der Waals surface area contributed by atoms with Crippen molar-refractivity contribution in [2.45, 2.75) is 50.5 Å². The minimum atomic E-state index is -3.76. The van der Waals surface area contributed by atoms with Crippen LogP contribution in [0.1, 0.15) is 48.5 Å². The van der Waals surface area contributed by atoms with E-state index in [1.54, 1.807) is 24.3 Å². The number of hydrogen-bond acceptors (Lipinski definition) is 3. The average molecular weight is 387 g/mol. The quantitative estimate of drug-likeness (QED) is 0.812. The molecular formula is C21H26N2O3S. The fourth-order valence-electron chi connectivity index (χ4n) is 3.42. The van der Waals surface area contributed by atoms with Crippen molar-refractivity contribution in [3.05, 3.63) is 59.7 Å². The van der Waals surface area contributed by atoms with Gasteiger partial charge in [-0.1, -0.05) is 43.5 Å². The number of carbonyl (C=O) groups excluding carboxylic acids is 1. The van der Waals surface area contributed by atoms with Gasteiger partial charge in [-0.3, -0.25) is 9.52 Å². The first-order valence-electron chi connectivity index (χ1n) is 9.35. The molecule has 0 aromatic heterocycles. The Morgan fingerprint density at radius 3 is 2.44 bits per heavy atom. The first-order chi connectivity index (χ1) is 12.8. The molecule has 2 atom stereocenters. The summed E-state index contributed by atoms with van der Waals surface area (Å²) in [6.45, 7) is 4.09. The third-order valence-electron chi connectivity index (χ3n) is 5.14. The van der Waals surface area contributed by atoms with Gasteiger partial charge in [-0.05, 0) is 56.0 Å². The van der Waals surface area contributed by atoms with Crippen LogP contribution in [0.5, 0.6) is 0 Å². The molecule has 2 N–H and O–H groups in total. The molecule has 1 aliphatic rings. The van der Waals surface area contributed by atoms with Crippen LogP contribution in [0.4, 0.5) is 5.69 Å². The number of sulfonamides is 1. The Hall–Kier alpha value is -2.34. The summed E-state index contributed by atoms with van der Waals surface area (Å²) in [6, 6.07) is 13.4. The van der Waals surface area contributed by atoms with Crippen molar-refractivity contribution < 1.29 is 13.2 Å². The third kappa shape index (κ3) is 4.89. The van der Waals surface area contributed by atoms with Crippen molar-refractivity contribution in [1.82, 2.24) is 5.32 Å². The second-order valence-corrected chi connectivity index (χ2v) is 9.02. The van der Waals surface area contributed by atoms with Crippen LogP contribution in [0.15, 0.2) is 53.4 Å². The molecule has 1 saturated carbocycles. The normalized spacial score (nSPS) is 20.1. The zero-order valence-corrected chi connectivity index (χ0v) is 16.6. The van der Waals surface area contributed by atoms with E-state index in [0.29, 0.717) is 17.2 Å². The van der Waals surface area contributed by atoms with Crippen LogP contribution in [0, 0.1) is 12.8 Å². The largest absolute Gasteiger partial charge is 0.349 e. The van der Waals surface area contributed by atoms with Crippen LogP contribution in [0.25, 0.3) is 0 Å². The maximum atomic E-state index is 12.7. The highest BCUT2D eigenvalue weighted by Crippen LogP contribution is 2.24. The molecule has 1 amide bonds. The molecule has 0 radical (unpaired) electrons. The molecule has 6 heteroatoms. The van der Waals surface area contributed by atoms with E-state index < -0.39 is 10.0 Å². The smallest absolute Gasteiger partial charge is 0.261 e. The van der Waals surface area contributed by atoms with Crippen LogP contribution >= 0.6 is 0 Å². The molecule has 0 spiro atoms. The van der Waals surface area contributed by atoms with Gasteiger partial charge in [0.2, 0.25) is 0 Å². The van der Waals surface area contributed by atoms with Crippen LogP contribution in [0.3, 0.4) is 0 Å². The van der Waals surface area contributed by atoms with Crippen LogP contribution in [0.2, 0.25) is 0 Å². The molecule has 3 rings (SSSR count). The zero-order valence-electron chi connectivity index (χ0n) is 15.7. The van der Waals surface area contributed by atoms with Crippen molar-refractivity contribution in [1.29, 1.82) is 0 Å². The van der Waals surface area contributed by atoms with E-state index in [1.165, 1.54) is 18.6 Å². The van der Waals surface area contributed by atoms with E-state index in [9.17, 15) is 13.2 Å². The van der Waals surface area contributed by atoms with Gasteiger partial charge >= 0.3 is 0 Å². The Bertz CT molecular complexity index is 907. The summed E-state index contributed by atoms with van der Waals surface area (Å²) in [6.07, 6.45) is 4.40. The second kappa shape index (κ2) is 8.13. The Labute approximate surface area is 161 Å². The molecule has 1 fully saturated rings. The van der Waals surface area contributed by atoms with E-state index in [-0.39, 0.29) is 16.8 Å². The Morgan fingerprint density at radius 1 is 1.04 bits per heavy atom. The Kier molecular flexibility index (Phi) is 5.85. The van der Waals surface area contributed by atoms with Crippen molar-refractivity contribution in [2.75, 3.05) is 4.72 Å². The molecule has 0 saturated heterocycles. The van der Waals surface area contributed by atoms with Gasteiger partial charge in [0.1, 0.15) is 0 Å². The highest BCUT2D eigenvalue weighted by Gasteiger charge is 2.24. The first-order valence-corrected chi connectivity index (χ1v) is 10.8. The number of benzene rings is 2. The highest BCUT2D eigenvalue weighted by atomic mass is 32.2. The van der Waals surface area contributed by atoms with Crippen molar-refractivity contribution in [3.63, 3.8) is 0 Å². The Morgan fingerprint density at radius 2 is 1.74 bits per heavy atom. The predicted octanol–water partition coefficient (Wildman–Crippen LogP) is 4.10. The summed E-state index contributed by atoms with van der Waals surface area (Å²) in [4.78, 5) is 12.7. The van der Waals surface area contributed by atoms with Gasteiger partial charge in [-0.2, -0.15) is 0 Å². The predicted molar refractivity (Wildman–Crippen MR) is 107 cm³/mol. The molecule has 0 aliphatic heterocycles. The summed E-state index contributed by atoms with van der Waals surface area (Å²) in [7, 11) is -3.76. The lowest BCUT2D eigenvalue weighted by Gasteiger charge is -2.29. The molecule has 0 unspecified atom stereocenters. The first kappa shape index (κ1) is 19.4. The minimum absolute atomic E-state index is 0.0763. The molecule has 144 valence electrons. The molecule has 1 aliphatic carbocycles. The maximum absolute atomic E-state index is 12.7. The molecule has 2 aromatic carbocycles. The van der Waals surface area contributed by atoms with Gasteiger partial charge in [0.15, 0.2) is 0 Å². The number of carbonyl (C=O) groups is 1. The standard InChI is InChI=1S/C21H26N2O3S/c1-15-10-12-18(13-11-15)23-27(25,26)19-8-5-7-17(14-19)21(24)22-20-9-4-3-6-16(20)2/h5,7-8,10-14,16,20,23H,3-4,6,9H2,1-2H3,(H,22,24)/t16-,20-/m1/s1. The van der Waals surface area contributed by atoms with E-state index in [1.807, 2.05) is 19.1 Å². The van der Waals surface area contributed by atoms with Gasteiger partial charge in [0, 0.05) is 17.3 Å². The SMILES string of the molecule is Cc1ccc(NS(=O)(=O)c2cccc(C(=O)N[C@@H]3CCCC[C@H]3C)c2)cc1. The fourth-order valence-corrected chi connectivity index (χ4v) is 4.53. The van der Waals surface area contributed by atoms with E-state index in [2.05, 4.69) is 17.0 Å². The summed E-state index contributed by atoms with van der Waals surface area (Å²) in [5.41, 5.74) is 1.90. The van der Waals surface area contributed by atoms with Crippen molar-refractivity contribution in [2.24, 2.45) is 5.92 Å². The fraction of sp³-hybridized carbons (Fsp3) is 0.381. The van der Waals surface area contributed by atoms with E-state index in [4.69, 9.17) is 0 Å². The number of rotatable bonds is 5. The summed E-state index contributed by atoms with van der Waals surface area (Å²) < 4.78 is 27.9. The topological polar surface area (TPSA) is 75.3 Å². The lowest BCUT2D eigenvalue weighted by atomic mass is 9.86. The highest BCUT2D eigenvalue weighted by molar-refractivity contribution is 7.92. The average Bonchev–Trinajstić information content (AvgIpc) is 2.65. The molecule has 2 aromatic rings. The number of anilines is 1. The third-order valence-corrected chi connectivity index (χ3v) is 6.52. The number of amides is 1. The van der Waals surface area contributed by atoms with E-state index in [0.717, 1.165) is 24.8 Å². The number of aryl methyl sites for hydroxylation is 1.